The van der Waals surface area contributed by atoms with Gasteiger partial charge in [0.2, 0.25) is 0 Å². The minimum Gasteiger partial charge on any atom is -0.384 e. The van der Waals surface area contributed by atoms with Gasteiger partial charge in [0.15, 0.2) is 0 Å². The molecule has 0 bridgehead atoms. The molecule has 0 radical (unpaired) electrons. The van der Waals surface area contributed by atoms with Gasteiger partial charge in [-0.1, -0.05) is 25.1 Å². The van der Waals surface area contributed by atoms with Gasteiger partial charge in [-0.2, -0.15) is 0 Å². The first-order chi connectivity index (χ1) is 9.10. The van der Waals surface area contributed by atoms with Crippen LogP contribution < -0.4 is 0 Å². The van der Waals surface area contributed by atoms with E-state index in [-0.39, 0.29) is 5.82 Å². The summed E-state index contributed by atoms with van der Waals surface area (Å²) < 4.78 is 13.4. The van der Waals surface area contributed by atoms with Crippen molar-refractivity contribution in [3.05, 3.63) is 65.0 Å². The highest BCUT2D eigenvalue weighted by atomic mass is 32.2. The van der Waals surface area contributed by atoms with Crippen LogP contribution in [0.5, 0.6) is 0 Å². The molecule has 0 spiro atoms. The molecule has 19 heavy (non-hydrogen) atoms. The molecular weight excluding hydrogens is 259 g/mol. The summed E-state index contributed by atoms with van der Waals surface area (Å²) in [5.74, 6) is 0.706. The zero-order valence-corrected chi connectivity index (χ0v) is 11.9. The minimum atomic E-state index is -0.782. The third-order valence-corrected chi connectivity index (χ3v) is 3.78. The lowest BCUT2D eigenvalue weighted by atomic mass is 10.00. The largest absolute Gasteiger partial charge is 0.384 e. The number of hydrogen-bond donors (Lipinski definition) is 1. The van der Waals surface area contributed by atoms with E-state index in [1.807, 2.05) is 37.3 Å². The first kappa shape index (κ1) is 14.1. The maximum Gasteiger partial charge on any atom is 0.123 e. The van der Waals surface area contributed by atoms with Crippen LogP contribution >= 0.6 is 11.8 Å². The number of rotatable bonds is 4. The average Bonchev–Trinajstić information content (AvgIpc) is 2.38. The Morgan fingerprint density at radius 2 is 1.79 bits per heavy atom. The van der Waals surface area contributed by atoms with Crippen molar-refractivity contribution in [2.24, 2.45) is 0 Å². The first-order valence-electron chi connectivity index (χ1n) is 6.28. The van der Waals surface area contributed by atoms with E-state index < -0.39 is 6.10 Å². The number of aliphatic hydroxyl groups is 1. The smallest absolute Gasteiger partial charge is 0.123 e. The van der Waals surface area contributed by atoms with Crippen molar-refractivity contribution in [1.82, 2.24) is 0 Å². The number of benzene rings is 2. The molecule has 2 rings (SSSR count). The molecule has 0 aromatic heterocycles. The minimum absolute atomic E-state index is 0.313. The topological polar surface area (TPSA) is 20.2 Å². The second-order valence-electron chi connectivity index (χ2n) is 4.47. The Morgan fingerprint density at radius 1 is 1.11 bits per heavy atom. The van der Waals surface area contributed by atoms with E-state index in [0.29, 0.717) is 5.56 Å². The number of thioether (sulfide) groups is 1. The normalized spacial score (nSPS) is 12.4. The van der Waals surface area contributed by atoms with Gasteiger partial charge in [-0.15, -0.1) is 11.8 Å². The van der Waals surface area contributed by atoms with E-state index in [1.54, 1.807) is 11.8 Å². The molecule has 0 amide bonds. The Kier molecular flexibility index (Phi) is 4.61. The average molecular weight is 276 g/mol. The molecule has 0 aliphatic heterocycles. The lowest BCUT2D eigenvalue weighted by Gasteiger charge is -2.13. The van der Waals surface area contributed by atoms with Crippen LogP contribution in [0.15, 0.2) is 47.4 Å². The van der Waals surface area contributed by atoms with Crippen LogP contribution in [-0.4, -0.2) is 10.9 Å². The van der Waals surface area contributed by atoms with E-state index in [9.17, 15) is 9.50 Å². The molecule has 0 heterocycles. The third-order valence-electron chi connectivity index (χ3n) is 2.89. The highest BCUT2D eigenvalue weighted by molar-refractivity contribution is 7.99. The van der Waals surface area contributed by atoms with Gasteiger partial charge < -0.3 is 5.11 Å². The molecule has 0 aliphatic rings. The van der Waals surface area contributed by atoms with Crippen molar-refractivity contribution in [3.63, 3.8) is 0 Å². The Morgan fingerprint density at radius 3 is 2.37 bits per heavy atom. The predicted molar refractivity (Wildman–Crippen MR) is 78.0 cm³/mol. The van der Waals surface area contributed by atoms with Crippen LogP contribution in [0.1, 0.15) is 29.7 Å². The van der Waals surface area contributed by atoms with Gasteiger partial charge in [0.1, 0.15) is 11.9 Å². The summed E-state index contributed by atoms with van der Waals surface area (Å²) in [5, 5.41) is 10.3. The summed E-state index contributed by atoms with van der Waals surface area (Å²) >= 11 is 1.75. The Balaban J connectivity index is 2.25. The lowest BCUT2D eigenvalue weighted by molar-refractivity contribution is 0.219. The van der Waals surface area contributed by atoms with E-state index in [2.05, 4.69) is 6.92 Å². The standard InChI is InChI=1S/C16H17FOS/c1-3-19-15-6-4-12(5-7-15)16(18)13-8-11(2)9-14(17)10-13/h4-10,16,18H,3H2,1-2H3. The van der Waals surface area contributed by atoms with Crippen LogP contribution in [0, 0.1) is 12.7 Å². The number of halogens is 1. The van der Waals surface area contributed by atoms with Crippen LogP contribution in [-0.2, 0) is 0 Å². The maximum atomic E-state index is 13.4. The van der Waals surface area contributed by atoms with Crippen LogP contribution in [0.3, 0.4) is 0 Å². The predicted octanol–water partition coefficient (Wildman–Crippen LogP) is 4.33. The quantitative estimate of drug-likeness (QED) is 0.839. The van der Waals surface area contributed by atoms with Gasteiger partial charge >= 0.3 is 0 Å². The summed E-state index contributed by atoms with van der Waals surface area (Å²) in [6.07, 6.45) is -0.782. The molecule has 1 nitrogen and oxygen atoms in total. The fourth-order valence-corrected chi connectivity index (χ4v) is 2.69. The fourth-order valence-electron chi connectivity index (χ4n) is 2.03. The molecule has 2 aromatic rings. The molecule has 0 saturated carbocycles. The second-order valence-corrected chi connectivity index (χ2v) is 5.80. The lowest BCUT2D eigenvalue weighted by Crippen LogP contribution is -2.00. The fraction of sp³-hybridized carbons (Fsp3) is 0.250. The number of hydrogen-bond acceptors (Lipinski definition) is 2. The summed E-state index contributed by atoms with van der Waals surface area (Å²) in [6.45, 7) is 3.92. The van der Waals surface area contributed by atoms with E-state index in [0.717, 1.165) is 16.9 Å². The summed E-state index contributed by atoms with van der Waals surface area (Å²) in [5.41, 5.74) is 2.19. The van der Waals surface area contributed by atoms with Gasteiger partial charge in [-0.05, 0) is 53.6 Å². The highest BCUT2D eigenvalue weighted by Gasteiger charge is 2.11. The summed E-state index contributed by atoms with van der Waals surface area (Å²) in [4.78, 5) is 1.17. The molecule has 1 unspecified atom stereocenters. The first-order valence-corrected chi connectivity index (χ1v) is 7.26. The van der Waals surface area contributed by atoms with Gasteiger partial charge in [0, 0.05) is 4.90 Å². The molecule has 1 atom stereocenters. The molecule has 0 aliphatic carbocycles. The van der Waals surface area contributed by atoms with Crippen molar-refractivity contribution < 1.29 is 9.50 Å². The molecule has 1 N–H and O–H groups in total. The van der Waals surface area contributed by atoms with Gasteiger partial charge in [-0.3, -0.25) is 0 Å². The second kappa shape index (κ2) is 6.22. The van der Waals surface area contributed by atoms with Crippen LogP contribution in [0.2, 0.25) is 0 Å². The summed E-state index contributed by atoms with van der Waals surface area (Å²) in [7, 11) is 0. The molecule has 100 valence electrons. The Bertz CT molecular complexity index is 531. The zero-order chi connectivity index (χ0) is 13.8. The third kappa shape index (κ3) is 3.58. The molecule has 0 fully saturated rings. The van der Waals surface area contributed by atoms with E-state index in [4.69, 9.17) is 0 Å². The van der Waals surface area contributed by atoms with Crippen molar-refractivity contribution in [3.8, 4) is 0 Å². The molecule has 0 saturated heterocycles. The van der Waals surface area contributed by atoms with E-state index >= 15 is 0 Å². The highest BCUT2D eigenvalue weighted by Crippen LogP contribution is 2.26. The van der Waals surface area contributed by atoms with Crippen molar-refractivity contribution in [2.45, 2.75) is 24.8 Å². The Hall–Kier alpha value is -1.32. The molecule has 2 aromatic carbocycles. The number of aliphatic hydroxyl groups excluding tert-OH is 1. The number of aryl methyl sites for hydroxylation is 1. The molecule has 3 heteroatoms. The van der Waals surface area contributed by atoms with Crippen molar-refractivity contribution >= 4 is 11.8 Å². The van der Waals surface area contributed by atoms with E-state index in [1.165, 1.54) is 17.0 Å². The monoisotopic (exact) mass is 276 g/mol. The van der Waals surface area contributed by atoms with Crippen LogP contribution in [0.4, 0.5) is 4.39 Å². The SMILES string of the molecule is CCSc1ccc(C(O)c2cc(C)cc(F)c2)cc1. The Labute approximate surface area is 117 Å². The van der Waals surface area contributed by atoms with Gasteiger partial charge in [0.05, 0.1) is 0 Å². The zero-order valence-electron chi connectivity index (χ0n) is 11.1. The van der Waals surface area contributed by atoms with Gasteiger partial charge in [-0.25, -0.2) is 4.39 Å². The summed E-state index contributed by atoms with van der Waals surface area (Å²) in [6, 6.07) is 12.4. The van der Waals surface area contributed by atoms with Crippen LogP contribution in [0.25, 0.3) is 0 Å². The van der Waals surface area contributed by atoms with Gasteiger partial charge in [0.25, 0.3) is 0 Å². The molecular formula is C16H17FOS. The van der Waals surface area contributed by atoms with Crippen molar-refractivity contribution in [1.29, 1.82) is 0 Å². The van der Waals surface area contributed by atoms with Crippen molar-refractivity contribution in [2.75, 3.05) is 5.75 Å². The maximum absolute atomic E-state index is 13.4.